The van der Waals surface area contributed by atoms with Crippen LogP contribution < -0.4 is 5.32 Å². The number of pyridine rings is 1. The van der Waals surface area contributed by atoms with Crippen molar-refractivity contribution in [3.8, 4) is 0 Å². The van der Waals surface area contributed by atoms with E-state index in [4.69, 9.17) is 0 Å². The predicted octanol–water partition coefficient (Wildman–Crippen LogP) is 3.93. The van der Waals surface area contributed by atoms with Gasteiger partial charge in [0.1, 0.15) is 11.8 Å². The average molecular weight is 577 g/mol. The SMILES string of the molecule is CCCCCCCC(=O)CCCCCCC=C[C@H](C(=O)N[C@@H](Cc1cccnc1)C(=O)O)[C@@](O)(CC(=O)O)C(=O)O. The van der Waals surface area contributed by atoms with E-state index in [0.717, 1.165) is 51.0 Å². The summed E-state index contributed by atoms with van der Waals surface area (Å²) >= 11 is 0. The lowest BCUT2D eigenvalue weighted by molar-refractivity contribution is -0.172. The summed E-state index contributed by atoms with van der Waals surface area (Å²) in [6, 6.07) is 1.73. The molecule has 41 heavy (non-hydrogen) atoms. The van der Waals surface area contributed by atoms with E-state index in [-0.39, 0.29) is 12.2 Å². The Labute approximate surface area is 241 Å². The molecule has 228 valence electrons. The average Bonchev–Trinajstić information content (AvgIpc) is 2.91. The number of Topliss-reactive ketones (excluding diaryl/α,β-unsaturated/α-hetero) is 1. The molecule has 0 saturated heterocycles. The van der Waals surface area contributed by atoms with Gasteiger partial charge in [-0.25, -0.2) is 9.59 Å². The van der Waals surface area contributed by atoms with Gasteiger partial charge in [-0.05, 0) is 37.3 Å². The maximum atomic E-state index is 13.1. The zero-order valence-corrected chi connectivity index (χ0v) is 23.8. The van der Waals surface area contributed by atoms with E-state index in [0.29, 0.717) is 31.2 Å². The van der Waals surface area contributed by atoms with Gasteiger partial charge in [-0.3, -0.25) is 19.4 Å². The number of allylic oxidation sites excluding steroid dienone is 1. The number of rotatable bonds is 23. The lowest BCUT2D eigenvalue weighted by Gasteiger charge is -2.29. The zero-order valence-electron chi connectivity index (χ0n) is 23.8. The molecular formula is C30H44N2O9. The van der Waals surface area contributed by atoms with Crippen molar-refractivity contribution in [2.75, 3.05) is 0 Å². The summed E-state index contributed by atoms with van der Waals surface area (Å²) in [5, 5.41) is 41.5. The number of carbonyl (C=O) groups is 5. The first-order valence-electron chi connectivity index (χ1n) is 14.3. The Morgan fingerprint density at radius 3 is 2.12 bits per heavy atom. The molecule has 1 rings (SSSR count). The standard InChI is InChI=1S/C30H44N2O9/c1-2-3-4-7-10-15-23(33)16-11-8-5-6-9-12-17-24(30(41,29(39)40)20-26(34)35)27(36)32-25(28(37)38)19-22-14-13-18-31-21-22/h12-14,17-18,21,24-25,41H,2-11,15-16,19-20H2,1H3,(H,32,36)(H,34,35)(H,37,38)(H,39,40)/t24-,25+,30+/m1/s1. The first kappa shape index (κ1) is 35.4. The molecule has 0 aliphatic carbocycles. The van der Waals surface area contributed by atoms with Gasteiger partial charge in [-0.15, -0.1) is 0 Å². The number of amides is 1. The van der Waals surface area contributed by atoms with E-state index in [1.54, 1.807) is 12.1 Å². The van der Waals surface area contributed by atoms with Crippen molar-refractivity contribution in [1.82, 2.24) is 10.3 Å². The van der Waals surface area contributed by atoms with E-state index in [1.165, 1.54) is 24.9 Å². The van der Waals surface area contributed by atoms with Gasteiger partial charge in [0.25, 0.3) is 0 Å². The van der Waals surface area contributed by atoms with E-state index < -0.39 is 47.8 Å². The van der Waals surface area contributed by atoms with Crippen molar-refractivity contribution in [1.29, 1.82) is 0 Å². The summed E-state index contributed by atoms with van der Waals surface area (Å²) < 4.78 is 0. The number of nitrogens with zero attached hydrogens (tertiary/aromatic N) is 1. The second-order valence-corrected chi connectivity index (χ2v) is 10.3. The van der Waals surface area contributed by atoms with Gasteiger partial charge < -0.3 is 25.7 Å². The number of aliphatic hydroxyl groups is 1. The molecule has 11 heteroatoms. The Kier molecular flexibility index (Phi) is 16.8. The van der Waals surface area contributed by atoms with Crippen LogP contribution in [-0.4, -0.2) is 66.7 Å². The molecule has 0 aromatic carbocycles. The van der Waals surface area contributed by atoms with Crippen LogP contribution in [0, 0.1) is 5.92 Å². The van der Waals surface area contributed by atoms with E-state index in [2.05, 4.69) is 17.2 Å². The van der Waals surface area contributed by atoms with Crippen LogP contribution in [0.1, 0.15) is 96.0 Å². The maximum absolute atomic E-state index is 13.1. The molecule has 0 fully saturated rings. The van der Waals surface area contributed by atoms with Crippen LogP contribution >= 0.6 is 0 Å². The Morgan fingerprint density at radius 1 is 0.951 bits per heavy atom. The first-order valence-corrected chi connectivity index (χ1v) is 14.3. The first-order chi connectivity index (χ1) is 19.5. The van der Waals surface area contributed by atoms with Crippen LogP contribution in [0.3, 0.4) is 0 Å². The van der Waals surface area contributed by atoms with E-state index in [9.17, 15) is 44.4 Å². The summed E-state index contributed by atoms with van der Waals surface area (Å²) in [6.45, 7) is 2.15. The number of hydrogen-bond donors (Lipinski definition) is 5. The van der Waals surface area contributed by atoms with Crippen molar-refractivity contribution in [3.63, 3.8) is 0 Å². The number of carboxylic acids is 3. The van der Waals surface area contributed by atoms with Crippen LogP contribution in [0.5, 0.6) is 0 Å². The van der Waals surface area contributed by atoms with Crippen molar-refractivity contribution in [3.05, 3.63) is 42.2 Å². The molecule has 1 aromatic rings. The minimum absolute atomic E-state index is 0.156. The summed E-state index contributed by atoms with van der Waals surface area (Å²) in [5.74, 6) is -7.67. The normalized spacial score (nSPS) is 14.2. The third-order valence-electron chi connectivity index (χ3n) is 6.83. The summed E-state index contributed by atoms with van der Waals surface area (Å²) in [7, 11) is 0. The molecule has 0 aliphatic rings. The molecule has 1 aromatic heterocycles. The quantitative estimate of drug-likeness (QED) is 0.0942. The summed E-state index contributed by atoms with van der Waals surface area (Å²) in [6.07, 6.45) is 14.2. The van der Waals surface area contributed by atoms with Crippen LogP contribution in [0.25, 0.3) is 0 Å². The van der Waals surface area contributed by atoms with Crippen molar-refractivity contribution >= 4 is 29.6 Å². The molecule has 5 N–H and O–H groups in total. The molecular weight excluding hydrogens is 532 g/mol. The number of carbonyl (C=O) groups excluding carboxylic acids is 2. The van der Waals surface area contributed by atoms with Crippen LogP contribution in [0.2, 0.25) is 0 Å². The highest BCUT2D eigenvalue weighted by molar-refractivity contribution is 5.94. The highest BCUT2D eigenvalue weighted by atomic mass is 16.4. The van der Waals surface area contributed by atoms with Crippen LogP contribution in [-0.2, 0) is 30.4 Å². The lowest BCUT2D eigenvalue weighted by Crippen LogP contribution is -2.55. The number of ketones is 1. The molecule has 1 heterocycles. The van der Waals surface area contributed by atoms with Gasteiger partial charge in [0.2, 0.25) is 5.91 Å². The Balaban J connectivity index is 2.74. The second-order valence-electron chi connectivity index (χ2n) is 10.3. The van der Waals surface area contributed by atoms with Crippen molar-refractivity contribution < 1.29 is 44.4 Å². The Bertz CT molecular complexity index is 1010. The van der Waals surface area contributed by atoms with Crippen molar-refractivity contribution in [2.24, 2.45) is 5.92 Å². The highest BCUT2D eigenvalue weighted by Gasteiger charge is 2.49. The number of unbranched alkanes of at least 4 members (excludes halogenated alkanes) is 8. The van der Waals surface area contributed by atoms with Crippen LogP contribution in [0.4, 0.5) is 0 Å². The monoisotopic (exact) mass is 576 g/mol. The molecule has 0 spiro atoms. The predicted molar refractivity (Wildman–Crippen MR) is 151 cm³/mol. The topological polar surface area (TPSA) is 191 Å². The van der Waals surface area contributed by atoms with Gasteiger partial charge in [-0.1, -0.05) is 63.7 Å². The fraction of sp³-hybridized carbons (Fsp3) is 0.600. The highest BCUT2D eigenvalue weighted by Crippen LogP contribution is 2.25. The summed E-state index contributed by atoms with van der Waals surface area (Å²) in [5.41, 5.74) is -2.50. The molecule has 11 nitrogen and oxygen atoms in total. The second kappa shape index (κ2) is 19.5. The van der Waals surface area contributed by atoms with Gasteiger partial charge in [0, 0.05) is 31.7 Å². The number of aliphatic carboxylic acids is 3. The summed E-state index contributed by atoms with van der Waals surface area (Å²) in [4.78, 5) is 64.0. The molecule has 0 unspecified atom stereocenters. The fourth-order valence-corrected chi connectivity index (χ4v) is 4.45. The third kappa shape index (κ3) is 14.0. The van der Waals surface area contributed by atoms with Gasteiger partial charge in [-0.2, -0.15) is 0 Å². The Morgan fingerprint density at radius 2 is 1.59 bits per heavy atom. The van der Waals surface area contributed by atoms with E-state index in [1.807, 2.05) is 0 Å². The maximum Gasteiger partial charge on any atom is 0.337 e. The van der Waals surface area contributed by atoms with E-state index >= 15 is 0 Å². The largest absolute Gasteiger partial charge is 0.481 e. The molecule has 0 bridgehead atoms. The molecule has 3 atom stereocenters. The molecule has 0 radical (unpaired) electrons. The molecule has 0 aliphatic heterocycles. The minimum atomic E-state index is -3.00. The fourth-order valence-electron chi connectivity index (χ4n) is 4.45. The van der Waals surface area contributed by atoms with Gasteiger partial charge in [0.15, 0.2) is 5.60 Å². The Hall–Kier alpha value is -3.60. The third-order valence-corrected chi connectivity index (χ3v) is 6.83. The number of hydrogen-bond acceptors (Lipinski definition) is 7. The van der Waals surface area contributed by atoms with Crippen molar-refractivity contribution in [2.45, 2.75) is 108 Å². The zero-order chi connectivity index (χ0) is 30.7. The number of carboxylic acid groups (broad SMARTS) is 3. The smallest absolute Gasteiger partial charge is 0.337 e. The minimum Gasteiger partial charge on any atom is -0.481 e. The number of aromatic nitrogens is 1. The van der Waals surface area contributed by atoms with Gasteiger partial charge in [0.05, 0.1) is 12.3 Å². The molecule has 0 saturated carbocycles. The lowest BCUT2D eigenvalue weighted by atomic mass is 9.82. The molecule has 1 amide bonds. The van der Waals surface area contributed by atoms with Crippen LogP contribution in [0.15, 0.2) is 36.7 Å². The number of nitrogens with one attached hydrogen (secondary N) is 1. The van der Waals surface area contributed by atoms with Gasteiger partial charge >= 0.3 is 17.9 Å².